The first-order valence-electron chi connectivity index (χ1n) is 10.3. The molecule has 136 valence electrons. The van der Waals surface area contributed by atoms with Crippen molar-refractivity contribution in [3.8, 4) is 0 Å². The second kappa shape index (κ2) is 4.98. The number of carbonyl (C=O) groups is 2. The van der Waals surface area contributed by atoms with Gasteiger partial charge in [-0.25, -0.2) is 0 Å². The molecule has 0 radical (unpaired) electrons. The van der Waals surface area contributed by atoms with Crippen LogP contribution >= 0.6 is 0 Å². The van der Waals surface area contributed by atoms with E-state index in [0.717, 1.165) is 38.0 Å². The first-order valence-corrected chi connectivity index (χ1v) is 10.3. The predicted octanol–water partition coefficient (Wildman–Crippen LogP) is 4.59. The molecule has 0 amide bonds. The molecule has 6 atom stereocenters. The van der Waals surface area contributed by atoms with Gasteiger partial charge in [-0.3, -0.25) is 9.59 Å². The first-order chi connectivity index (χ1) is 11.9. The van der Waals surface area contributed by atoms with E-state index < -0.39 is 0 Å². The van der Waals surface area contributed by atoms with E-state index in [2.05, 4.69) is 13.8 Å². The molecule has 3 nitrogen and oxygen atoms in total. The molecule has 1 aliphatic heterocycles. The lowest BCUT2D eigenvalue weighted by molar-refractivity contribution is -0.168. The van der Waals surface area contributed by atoms with E-state index in [0.29, 0.717) is 24.0 Å². The van der Waals surface area contributed by atoms with E-state index in [-0.39, 0.29) is 22.4 Å². The average Bonchev–Trinajstić information content (AvgIpc) is 3.10. The summed E-state index contributed by atoms with van der Waals surface area (Å²) in [5.41, 5.74) is 1.68. The van der Waals surface area contributed by atoms with Crippen LogP contribution in [-0.2, 0) is 14.3 Å². The van der Waals surface area contributed by atoms with Crippen molar-refractivity contribution in [1.82, 2.24) is 0 Å². The summed E-state index contributed by atoms with van der Waals surface area (Å²) < 4.78 is 6.01. The van der Waals surface area contributed by atoms with Gasteiger partial charge in [0, 0.05) is 18.3 Å². The lowest BCUT2D eigenvalue weighted by atomic mass is 9.46. The van der Waals surface area contributed by atoms with Crippen LogP contribution in [0.2, 0.25) is 0 Å². The van der Waals surface area contributed by atoms with Crippen molar-refractivity contribution in [2.75, 3.05) is 0 Å². The van der Waals surface area contributed by atoms with Crippen LogP contribution in [0.5, 0.6) is 0 Å². The molecule has 1 heterocycles. The van der Waals surface area contributed by atoms with Crippen LogP contribution < -0.4 is 0 Å². The zero-order valence-electron chi connectivity index (χ0n) is 15.6. The molecule has 0 aromatic rings. The quantitative estimate of drug-likeness (QED) is 0.605. The van der Waals surface area contributed by atoms with Crippen molar-refractivity contribution in [2.24, 2.45) is 28.6 Å². The largest absolute Gasteiger partial charge is 0.458 e. The molecule has 3 heteroatoms. The number of allylic oxidation sites excluding steroid dienone is 1. The van der Waals surface area contributed by atoms with Gasteiger partial charge in [-0.2, -0.15) is 0 Å². The lowest BCUT2D eigenvalue weighted by Crippen LogP contribution is -2.54. The molecule has 1 saturated heterocycles. The molecular weight excluding hydrogens is 312 g/mol. The number of hydrogen-bond donors (Lipinski definition) is 0. The maximum absolute atomic E-state index is 11.9. The number of hydrogen-bond acceptors (Lipinski definition) is 3. The number of carbonyl (C=O) groups excluding carboxylic acids is 2. The van der Waals surface area contributed by atoms with Gasteiger partial charge in [-0.1, -0.05) is 19.4 Å². The molecule has 4 aliphatic carbocycles. The molecule has 0 unspecified atom stereocenters. The Balaban J connectivity index is 1.49. The summed E-state index contributed by atoms with van der Waals surface area (Å²) in [6.07, 6.45) is 12.3. The second-order valence-electron chi connectivity index (χ2n) is 9.93. The highest BCUT2D eigenvalue weighted by atomic mass is 16.6. The monoisotopic (exact) mass is 342 g/mol. The van der Waals surface area contributed by atoms with Gasteiger partial charge in [-0.15, -0.1) is 0 Å². The van der Waals surface area contributed by atoms with Crippen molar-refractivity contribution in [3.63, 3.8) is 0 Å². The molecule has 4 fully saturated rings. The third-order valence-corrected chi connectivity index (χ3v) is 9.29. The van der Waals surface area contributed by atoms with E-state index in [4.69, 9.17) is 4.74 Å². The molecule has 0 aromatic heterocycles. The van der Waals surface area contributed by atoms with E-state index in [1.165, 1.54) is 31.3 Å². The van der Waals surface area contributed by atoms with E-state index >= 15 is 0 Å². The Bertz CT molecular complexity index is 679. The summed E-state index contributed by atoms with van der Waals surface area (Å²) in [6, 6.07) is 0. The maximum atomic E-state index is 11.9. The first kappa shape index (κ1) is 16.1. The summed E-state index contributed by atoms with van der Waals surface area (Å²) in [7, 11) is 0. The van der Waals surface area contributed by atoms with Gasteiger partial charge >= 0.3 is 5.97 Å². The van der Waals surface area contributed by atoms with Crippen molar-refractivity contribution in [2.45, 2.75) is 83.7 Å². The van der Waals surface area contributed by atoms with Crippen LogP contribution in [0, 0.1) is 28.6 Å². The molecule has 3 saturated carbocycles. The van der Waals surface area contributed by atoms with Gasteiger partial charge in [0.2, 0.25) is 0 Å². The third kappa shape index (κ3) is 1.93. The Morgan fingerprint density at radius 1 is 0.920 bits per heavy atom. The van der Waals surface area contributed by atoms with Gasteiger partial charge in [0.15, 0.2) is 5.78 Å². The summed E-state index contributed by atoms with van der Waals surface area (Å²) in [6.45, 7) is 4.86. The van der Waals surface area contributed by atoms with Crippen molar-refractivity contribution < 1.29 is 14.3 Å². The second-order valence-corrected chi connectivity index (χ2v) is 9.93. The number of ether oxygens (including phenoxy) is 1. The maximum Gasteiger partial charge on any atom is 0.306 e. The smallest absolute Gasteiger partial charge is 0.306 e. The molecule has 0 N–H and O–H groups in total. The minimum absolute atomic E-state index is 0.0237. The Hall–Kier alpha value is -1.12. The third-order valence-electron chi connectivity index (χ3n) is 9.29. The highest BCUT2D eigenvalue weighted by Gasteiger charge is 2.66. The normalized spacial score (nSPS) is 51.6. The SMILES string of the molecule is C[C@]12CC[C@H]3[C@H](CCC4=CC(=O)CC[C@]43C)[C@@H]1CC[C@]21CCC(=O)O1. The van der Waals surface area contributed by atoms with Crippen molar-refractivity contribution in [1.29, 1.82) is 0 Å². The van der Waals surface area contributed by atoms with Crippen LogP contribution in [0.15, 0.2) is 11.6 Å². The van der Waals surface area contributed by atoms with E-state index in [1.54, 1.807) is 0 Å². The fourth-order valence-corrected chi connectivity index (χ4v) is 7.85. The number of ketones is 1. The molecule has 0 aromatic carbocycles. The van der Waals surface area contributed by atoms with Crippen LogP contribution in [0.4, 0.5) is 0 Å². The van der Waals surface area contributed by atoms with Crippen LogP contribution in [0.3, 0.4) is 0 Å². The summed E-state index contributed by atoms with van der Waals surface area (Å²) in [5, 5.41) is 0. The minimum atomic E-state index is -0.167. The Morgan fingerprint density at radius 3 is 2.48 bits per heavy atom. The Labute approximate surface area is 150 Å². The zero-order valence-corrected chi connectivity index (χ0v) is 15.6. The standard InChI is InChI=1S/C22H30O3/c1-20-9-5-15(23)13-14(20)3-4-16-17(20)6-10-21(2)18(16)7-11-22(21)12-8-19(24)25-22/h13,16-18H,3-12H2,1-2H3/t16-,17-,18-,20+,21-,22-/m0/s1. The summed E-state index contributed by atoms with van der Waals surface area (Å²) in [5.74, 6) is 2.51. The van der Waals surface area contributed by atoms with Gasteiger partial charge < -0.3 is 4.74 Å². The van der Waals surface area contributed by atoms with Crippen molar-refractivity contribution >= 4 is 11.8 Å². The minimum Gasteiger partial charge on any atom is -0.458 e. The van der Waals surface area contributed by atoms with E-state index in [1.807, 2.05) is 6.08 Å². The predicted molar refractivity (Wildman–Crippen MR) is 94.8 cm³/mol. The Morgan fingerprint density at radius 2 is 1.72 bits per heavy atom. The fourth-order valence-electron chi connectivity index (χ4n) is 7.85. The van der Waals surface area contributed by atoms with Gasteiger partial charge in [0.25, 0.3) is 0 Å². The summed E-state index contributed by atoms with van der Waals surface area (Å²) in [4.78, 5) is 23.8. The summed E-state index contributed by atoms with van der Waals surface area (Å²) >= 11 is 0. The number of esters is 1. The molecule has 25 heavy (non-hydrogen) atoms. The molecular formula is C22H30O3. The fraction of sp³-hybridized carbons (Fsp3) is 0.818. The molecule has 1 spiro atoms. The Kier molecular flexibility index (Phi) is 3.21. The zero-order chi connectivity index (χ0) is 17.4. The highest BCUT2D eigenvalue weighted by Crippen LogP contribution is 2.69. The average molecular weight is 342 g/mol. The molecule has 0 bridgehead atoms. The van der Waals surface area contributed by atoms with Gasteiger partial charge in [0.05, 0.1) is 0 Å². The van der Waals surface area contributed by atoms with Crippen LogP contribution in [0.1, 0.15) is 78.1 Å². The van der Waals surface area contributed by atoms with Crippen LogP contribution in [0.25, 0.3) is 0 Å². The number of fused-ring (bicyclic) bond motifs is 6. The number of rotatable bonds is 0. The van der Waals surface area contributed by atoms with Crippen LogP contribution in [-0.4, -0.2) is 17.4 Å². The lowest BCUT2D eigenvalue weighted by Gasteiger charge is -2.59. The van der Waals surface area contributed by atoms with Gasteiger partial charge in [-0.05, 0) is 80.6 Å². The van der Waals surface area contributed by atoms with Gasteiger partial charge in [0.1, 0.15) is 5.60 Å². The van der Waals surface area contributed by atoms with Crippen molar-refractivity contribution in [3.05, 3.63) is 11.6 Å². The molecule has 5 aliphatic rings. The molecule has 5 rings (SSSR count). The highest BCUT2D eigenvalue weighted by molar-refractivity contribution is 5.91. The van der Waals surface area contributed by atoms with E-state index in [9.17, 15) is 9.59 Å². The topological polar surface area (TPSA) is 43.4 Å².